The molecule has 0 aromatic carbocycles. The van der Waals surface area contributed by atoms with E-state index in [4.69, 9.17) is 4.74 Å². The molecular weight excluding hydrogens is 152 g/mol. The van der Waals surface area contributed by atoms with Crippen LogP contribution < -0.4 is 0 Å². The van der Waals surface area contributed by atoms with E-state index in [1.807, 2.05) is 13.8 Å². The third kappa shape index (κ3) is 0.875. The molecule has 0 radical (unpaired) electrons. The summed E-state index contributed by atoms with van der Waals surface area (Å²) in [6, 6.07) is 0. The fraction of sp³-hybridized carbons (Fsp3) is 0.900. The Balaban J connectivity index is 2.32. The summed E-state index contributed by atoms with van der Waals surface area (Å²) in [4.78, 5) is 11.7. The molecule has 68 valence electrons. The van der Waals surface area contributed by atoms with Crippen molar-refractivity contribution < 1.29 is 9.53 Å². The van der Waals surface area contributed by atoms with Crippen molar-refractivity contribution >= 4 is 5.78 Å². The molecule has 0 aromatic heterocycles. The first-order chi connectivity index (χ1) is 5.54. The Morgan fingerprint density at radius 1 is 1.50 bits per heavy atom. The molecule has 0 saturated carbocycles. The van der Waals surface area contributed by atoms with Gasteiger partial charge in [0.25, 0.3) is 0 Å². The SMILES string of the molecule is C[C@@H]1C(=O)[C@H](C)[C@]2(C)CC[C@H]1O2. The molecule has 0 spiro atoms. The Bertz CT molecular complexity index is 224. The predicted molar refractivity (Wildman–Crippen MR) is 45.8 cm³/mol. The normalized spacial score (nSPS) is 52.9. The zero-order chi connectivity index (χ0) is 8.93. The maximum absolute atomic E-state index is 11.7. The van der Waals surface area contributed by atoms with Crippen LogP contribution in [-0.4, -0.2) is 17.5 Å². The van der Waals surface area contributed by atoms with E-state index in [1.165, 1.54) is 0 Å². The van der Waals surface area contributed by atoms with Gasteiger partial charge in [-0.25, -0.2) is 0 Å². The van der Waals surface area contributed by atoms with Crippen molar-refractivity contribution in [3.05, 3.63) is 0 Å². The van der Waals surface area contributed by atoms with Crippen molar-refractivity contribution in [1.29, 1.82) is 0 Å². The molecule has 0 N–H and O–H groups in total. The summed E-state index contributed by atoms with van der Waals surface area (Å²) in [5.74, 6) is 0.605. The van der Waals surface area contributed by atoms with Crippen molar-refractivity contribution in [3.8, 4) is 0 Å². The minimum atomic E-state index is -0.145. The van der Waals surface area contributed by atoms with Gasteiger partial charge in [0.1, 0.15) is 5.78 Å². The van der Waals surface area contributed by atoms with Gasteiger partial charge in [0.05, 0.1) is 11.7 Å². The molecule has 0 aliphatic carbocycles. The third-order valence-electron chi connectivity index (χ3n) is 3.70. The van der Waals surface area contributed by atoms with E-state index in [-0.39, 0.29) is 23.5 Å². The van der Waals surface area contributed by atoms with Gasteiger partial charge in [0.15, 0.2) is 0 Å². The fourth-order valence-electron chi connectivity index (χ4n) is 2.44. The summed E-state index contributed by atoms with van der Waals surface area (Å²) in [6.07, 6.45) is 2.32. The van der Waals surface area contributed by atoms with Crippen LogP contribution in [0.25, 0.3) is 0 Å². The second kappa shape index (κ2) is 2.32. The van der Waals surface area contributed by atoms with Crippen LogP contribution in [0.3, 0.4) is 0 Å². The average molecular weight is 168 g/mol. The van der Waals surface area contributed by atoms with E-state index in [2.05, 4.69) is 6.92 Å². The smallest absolute Gasteiger partial charge is 0.143 e. The zero-order valence-electron chi connectivity index (χ0n) is 7.96. The van der Waals surface area contributed by atoms with E-state index in [9.17, 15) is 4.79 Å². The lowest BCUT2D eigenvalue weighted by molar-refractivity contribution is -0.160. The summed E-state index contributed by atoms with van der Waals surface area (Å²) in [5.41, 5.74) is -0.145. The summed E-state index contributed by atoms with van der Waals surface area (Å²) in [6.45, 7) is 6.07. The summed E-state index contributed by atoms with van der Waals surface area (Å²) in [5, 5.41) is 0. The molecule has 2 aliphatic rings. The molecular formula is C10H16O2. The van der Waals surface area contributed by atoms with E-state index in [0.29, 0.717) is 5.78 Å². The number of fused-ring (bicyclic) bond motifs is 2. The molecule has 2 nitrogen and oxygen atoms in total. The monoisotopic (exact) mass is 168 g/mol. The van der Waals surface area contributed by atoms with Crippen LogP contribution in [0.15, 0.2) is 0 Å². The van der Waals surface area contributed by atoms with Crippen LogP contribution in [0.5, 0.6) is 0 Å². The average Bonchev–Trinajstić information content (AvgIpc) is 2.41. The van der Waals surface area contributed by atoms with Gasteiger partial charge in [-0.1, -0.05) is 13.8 Å². The van der Waals surface area contributed by atoms with Crippen molar-refractivity contribution in [2.75, 3.05) is 0 Å². The second-order valence-corrected chi connectivity index (χ2v) is 4.42. The van der Waals surface area contributed by atoms with Gasteiger partial charge in [0, 0.05) is 11.8 Å². The first-order valence-electron chi connectivity index (χ1n) is 4.76. The number of Topliss-reactive ketones (excluding diaryl/α,β-unsaturated/α-hetero) is 1. The minimum Gasteiger partial charge on any atom is -0.371 e. The molecule has 4 atom stereocenters. The van der Waals surface area contributed by atoms with E-state index >= 15 is 0 Å². The van der Waals surface area contributed by atoms with Crippen LogP contribution in [0.1, 0.15) is 33.6 Å². The van der Waals surface area contributed by atoms with Gasteiger partial charge < -0.3 is 4.74 Å². The topological polar surface area (TPSA) is 26.3 Å². The van der Waals surface area contributed by atoms with Crippen molar-refractivity contribution in [2.24, 2.45) is 11.8 Å². The highest BCUT2D eigenvalue weighted by atomic mass is 16.5. The molecule has 2 heterocycles. The number of carbonyl (C=O) groups is 1. The molecule has 2 saturated heterocycles. The van der Waals surface area contributed by atoms with E-state index < -0.39 is 0 Å². The maximum Gasteiger partial charge on any atom is 0.143 e. The van der Waals surface area contributed by atoms with Crippen LogP contribution >= 0.6 is 0 Å². The summed E-state index contributed by atoms with van der Waals surface area (Å²) < 4.78 is 5.86. The van der Waals surface area contributed by atoms with Gasteiger partial charge in [-0.3, -0.25) is 4.79 Å². The van der Waals surface area contributed by atoms with Crippen molar-refractivity contribution in [3.63, 3.8) is 0 Å². The van der Waals surface area contributed by atoms with Crippen molar-refractivity contribution in [1.82, 2.24) is 0 Å². The summed E-state index contributed by atoms with van der Waals surface area (Å²) in [7, 11) is 0. The molecule has 2 fully saturated rings. The molecule has 0 amide bonds. The number of rotatable bonds is 0. The predicted octanol–water partition coefficient (Wildman–Crippen LogP) is 1.78. The standard InChI is InChI=1S/C10H16O2/c1-6-8-4-5-10(3,12-8)7(2)9(6)11/h6-8H,4-5H2,1-3H3/t6-,7-,8+,10-/m0/s1. The van der Waals surface area contributed by atoms with Crippen LogP contribution in [-0.2, 0) is 9.53 Å². The van der Waals surface area contributed by atoms with Gasteiger partial charge >= 0.3 is 0 Å². The lowest BCUT2D eigenvalue weighted by atomic mass is 9.81. The lowest BCUT2D eigenvalue weighted by Crippen LogP contribution is -2.47. The molecule has 0 aromatic rings. The molecule has 2 aliphatic heterocycles. The number of ether oxygens (including phenoxy) is 1. The number of hydrogen-bond acceptors (Lipinski definition) is 2. The zero-order valence-corrected chi connectivity index (χ0v) is 7.96. The van der Waals surface area contributed by atoms with Crippen LogP contribution in [0, 0.1) is 11.8 Å². The Kier molecular flexibility index (Phi) is 1.59. The van der Waals surface area contributed by atoms with Crippen molar-refractivity contribution in [2.45, 2.75) is 45.3 Å². The molecule has 2 heteroatoms. The number of ketones is 1. The summed E-state index contributed by atoms with van der Waals surface area (Å²) >= 11 is 0. The number of carbonyl (C=O) groups excluding carboxylic acids is 1. The second-order valence-electron chi connectivity index (χ2n) is 4.42. The highest BCUT2D eigenvalue weighted by Gasteiger charge is 2.51. The maximum atomic E-state index is 11.7. The molecule has 2 rings (SSSR count). The largest absolute Gasteiger partial charge is 0.371 e. The lowest BCUT2D eigenvalue weighted by Gasteiger charge is -2.38. The minimum absolute atomic E-state index is 0.0891. The Labute approximate surface area is 73.3 Å². The highest BCUT2D eigenvalue weighted by molar-refractivity contribution is 5.85. The molecule has 0 unspecified atom stereocenters. The first kappa shape index (κ1) is 8.24. The Morgan fingerprint density at radius 3 is 2.83 bits per heavy atom. The molecule has 12 heavy (non-hydrogen) atoms. The van der Waals surface area contributed by atoms with Gasteiger partial charge in [0.2, 0.25) is 0 Å². The Morgan fingerprint density at radius 2 is 2.17 bits per heavy atom. The Hall–Kier alpha value is -0.370. The van der Waals surface area contributed by atoms with E-state index in [1.54, 1.807) is 0 Å². The quantitative estimate of drug-likeness (QED) is 0.551. The first-order valence-corrected chi connectivity index (χ1v) is 4.76. The third-order valence-corrected chi connectivity index (χ3v) is 3.70. The van der Waals surface area contributed by atoms with E-state index in [0.717, 1.165) is 12.8 Å². The van der Waals surface area contributed by atoms with Gasteiger partial charge in [-0.15, -0.1) is 0 Å². The van der Waals surface area contributed by atoms with Crippen LogP contribution in [0.4, 0.5) is 0 Å². The molecule has 2 bridgehead atoms. The number of hydrogen-bond donors (Lipinski definition) is 0. The fourth-order valence-corrected chi connectivity index (χ4v) is 2.44. The van der Waals surface area contributed by atoms with Crippen LogP contribution in [0.2, 0.25) is 0 Å². The van der Waals surface area contributed by atoms with Gasteiger partial charge in [-0.05, 0) is 19.8 Å². The highest BCUT2D eigenvalue weighted by Crippen LogP contribution is 2.45. The van der Waals surface area contributed by atoms with Gasteiger partial charge in [-0.2, -0.15) is 0 Å².